The topological polar surface area (TPSA) is 86.0 Å². The maximum atomic E-state index is 12.0. The lowest BCUT2D eigenvalue weighted by atomic mass is 10.0. The Morgan fingerprint density at radius 1 is 1.53 bits per heavy atom. The van der Waals surface area contributed by atoms with E-state index in [1.807, 2.05) is 19.9 Å². The third-order valence-electron chi connectivity index (χ3n) is 3.00. The van der Waals surface area contributed by atoms with E-state index >= 15 is 0 Å². The van der Waals surface area contributed by atoms with Crippen LogP contribution in [0.25, 0.3) is 0 Å². The number of nitrogens with zero attached hydrogens (tertiary/aromatic N) is 2. The summed E-state index contributed by atoms with van der Waals surface area (Å²) in [6, 6.07) is 5.06. The molecule has 19 heavy (non-hydrogen) atoms. The van der Waals surface area contributed by atoms with Crippen molar-refractivity contribution in [1.82, 2.24) is 10.3 Å². The second-order valence-corrected chi connectivity index (χ2v) is 4.78. The van der Waals surface area contributed by atoms with Gasteiger partial charge in [0.1, 0.15) is 11.8 Å². The Balaban J connectivity index is 2.83. The highest BCUT2D eigenvalue weighted by Crippen LogP contribution is 2.09. The highest BCUT2D eigenvalue weighted by Gasteiger charge is 2.17. The minimum atomic E-state index is -0.278. The Bertz CT molecular complexity index is 492. The fraction of sp³-hybridized carbons (Fsp3) is 0.500. The van der Waals surface area contributed by atoms with Crippen LogP contribution in [-0.4, -0.2) is 28.6 Å². The van der Waals surface area contributed by atoms with Gasteiger partial charge in [-0.1, -0.05) is 13.8 Å². The molecule has 0 aliphatic heterocycles. The molecule has 0 aromatic carbocycles. The molecule has 0 aliphatic carbocycles. The summed E-state index contributed by atoms with van der Waals surface area (Å²) < 4.78 is 0. The van der Waals surface area contributed by atoms with Crippen molar-refractivity contribution in [2.45, 2.75) is 33.2 Å². The number of aliphatic hydroxyl groups excluding tert-OH is 1. The van der Waals surface area contributed by atoms with Gasteiger partial charge in [0.25, 0.3) is 5.91 Å². The first kappa shape index (κ1) is 15.1. The lowest BCUT2D eigenvalue weighted by Gasteiger charge is -2.21. The van der Waals surface area contributed by atoms with E-state index in [0.29, 0.717) is 23.4 Å². The molecule has 1 amide bonds. The van der Waals surface area contributed by atoms with E-state index in [2.05, 4.69) is 10.3 Å². The molecule has 1 aromatic heterocycles. The molecule has 0 saturated heterocycles. The molecular formula is C14H19N3O2. The highest BCUT2D eigenvalue weighted by molar-refractivity contribution is 5.92. The number of nitriles is 1. The van der Waals surface area contributed by atoms with E-state index in [9.17, 15) is 4.79 Å². The number of aromatic nitrogens is 1. The molecule has 1 unspecified atom stereocenters. The van der Waals surface area contributed by atoms with Gasteiger partial charge in [-0.25, -0.2) is 4.98 Å². The molecule has 1 atom stereocenters. The zero-order valence-corrected chi connectivity index (χ0v) is 11.5. The van der Waals surface area contributed by atoms with Gasteiger partial charge in [0.2, 0.25) is 0 Å². The average Bonchev–Trinajstić information content (AvgIpc) is 2.37. The molecule has 0 fully saturated rings. The van der Waals surface area contributed by atoms with Gasteiger partial charge in [-0.3, -0.25) is 4.79 Å². The molecule has 2 N–H and O–H groups in total. The zero-order chi connectivity index (χ0) is 14.4. The Kier molecular flexibility index (Phi) is 5.46. The predicted molar refractivity (Wildman–Crippen MR) is 71.5 cm³/mol. The Morgan fingerprint density at radius 2 is 2.21 bits per heavy atom. The lowest BCUT2D eigenvalue weighted by molar-refractivity contribution is 0.0911. The van der Waals surface area contributed by atoms with Crippen molar-refractivity contribution in [2.24, 2.45) is 5.92 Å². The van der Waals surface area contributed by atoms with Gasteiger partial charge >= 0.3 is 0 Å². The summed E-state index contributed by atoms with van der Waals surface area (Å²) >= 11 is 0. The summed E-state index contributed by atoms with van der Waals surface area (Å²) in [5.41, 5.74) is 1.30. The van der Waals surface area contributed by atoms with Crippen LogP contribution in [0.15, 0.2) is 12.1 Å². The molecule has 0 aliphatic rings. The molecule has 0 spiro atoms. The number of hydrogen-bond donors (Lipinski definition) is 2. The smallest absolute Gasteiger partial charge is 0.270 e. The summed E-state index contributed by atoms with van der Waals surface area (Å²) in [6.07, 6.45) is 0.513. The second-order valence-electron chi connectivity index (χ2n) is 4.78. The van der Waals surface area contributed by atoms with Gasteiger partial charge in [0, 0.05) is 12.6 Å². The normalized spacial score (nSPS) is 12.0. The highest BCUT2D eigenvalue weighted by atomic mass is 16.3. The Labute approximate surface area is 113 Å². The van der Waals surface area contributed by atoms with Gasteiger partial charge in [0.15, 0.2) is 0 Å². The van der Waals surface area contributed by atoms with E-state index in [1.165, 1.54) is 6.07 Å². The summed E-state index contributed by atoms with van der Waals surface area (Å²) in [6.45, 7) is 5.70. The molecule has 102 valence electrons. The number of amides is 1. The second kappa shape index (κ2) is 6.86. The average molecular weight is 261 g/mol. The van der Waals surface area contributed by atoms with Crippen molar-refractivity contribution >= 4 is 5.91 Å². The first-order valence-corrected chi connectivity index (χ1v) is 6.29. The molecule has 0 radical (unpaired) electrons. The third kappa shape index (κ3) is 4.04. The van der Waals surface area contributed by atoms with E-state index in [0.717, 1.165) is 0 Å². The van der Waals surface area contributed by atoms with Crippen molar-refractivity contribution in [3.8, 4) is 6.07 Å². The van der Waals surface area contributed by atoms with Crippen molar-refractivity contribution in [1.29, 1.82) is 5.26 Å². The van der Waals surface area contributed by atoms with Crippen LogP contribution in [0.4, 0.5) is 0 Å². The van der Waals surface area contributed by atoms with Crippen molar-refractivity contribution in [3.05, 3.63) is 29.1 Å². The van der Waals surface area contributed by atoms with E-state index < -0.39 is 0 Å². The fourth-order valence-corrected chi connectivity index (χ4v) is 1.76. The van der Waals surface area contributed by atoms with Crippen LogP contribution in [0.1, 0.15) is 42.0 Å². The predicted octanol–water partition coefficient (Wildman–Crippen LogP) is 1.40. The maximum Gasteiger partial charge on any atom is 0.270 e. The first-order valence-electron chi connectivity index (χ1n) is 6.29. The third-order valence-corrected chi connectivity index (χ3v) is 3.00. The number of carbonyl (C=O) groups is 1. The molecule has 1 aromatic rings. The van der Waals surface area contributed by atoms with Crippen molar-refractivity contribution < 1.29 is 9.90 Å². The van der Waals surface area contributed by atoms with Crippen LogP contribution in [0.5, 0.6) is 0 Å². The summed E-state index contributed by atoms with van der Waals surface area (Å²) in [5, 5.41) is 20.7. The van der Waals surface area contributed by atoms with Crippen LogP contribution in [-0.2, 0) is 0 Å². The quantitative estimate of drug-likeness (QED) is 0.838. The number of aliphatic hydroxyl groups is 1. The Hall–Kier alpha value is -1.93. The van der Waals surface area contributed by atoms with Gasteiger partial charge < -0.3 is 10.4 Å². The molecule has 0 saturated carbocycles. The number of carbonyl (C=O) groups excluding carboxylic acids is 1. The van der Waals surface area contributed by atoms with Crippen molar-refractivity contribution in [3.63, 3.8) is 0 Å². The van der Waals surface area contributed by atoms with Crippen LogP contribution in [0, 0.1) is 24.2 Å². The molecule has 5 nitrogen and oxygen atoms in total. The summed E-state index contributed by atoms with van der Waals surface area (Å²) in [5.74, 6) is -0.0460. The standard InChI is InChI=1S/C14H19N3O2/c1-9(2)12(6-7-18)17-14(19)13-5-4-11(8-15)10(3)16-13/h4-5,9,12,18H,6-7H2,1-3H3,(H,17,19). The maximum absolute atomic E-state index is 12.0. The SMILES string of the molecule is Cc1nc(C(=O)NC(CCO)C(C)C)ccc1C#N. The minimum Gasteiger partial charge on any atom is -0.396 e. The molecule has 1 rings (SSSR count). The minimum absolute atomic E-state index is 0.0307. The van der Waals surface area contributed by atoms with Gasteiger partial charge in [0.05, 0.1) is 11.3 Å². The zero-order valence-electron chi connectivity index (χ0n) is 11.5. The number of pyridine rings is 1. The molecule has 5 heteroatoms. The fourth-order valence-electron chi connectivity index (χ4n) is 1.76. The van der Waals surface area contributed by atoms with E-state index in [4.69, 9.17) is 10.4 Å². The molecule has 0 bridgehead atoms. The molecular weight excluding hydrogens is 242 g/mol. The lowest BCUT2D eigenvalue weighted by Crippen LogP contribution is -2.39. The van der Waals surface area contributed by atoms with E-state index in [1.54, 1.807) is 13.0 Å². The van der Waals surface area contributed by atoms with Crippen molar-refractivity contribution in [2.75, 3.05) is 6.61 Å². The summed E-state index contributed by atoms with van der Waals surface area (Å²) in [4.78, 5) is 16.2. The van der Waals surface area contributed by atoms with Gasteiger partial charge in [-0.15, -0.1) is 0 Å². The van der Waals surface area contributed by atoms with Crippen LogP contribution < -0.4 is 5.32 Å². The first-order chi connectivity index (χ1) is 8.99. The van der Waals surface area contributed by atoms with Crippen LogP contribution in [0.3, 0.4) is 0 Å². The number of nitrogens with one attached hydrogen (secondary N) is 1. The number of aryl methyl sites for hydroxylation is 1. The molecule has 1 heterocycles. The number of rotatable bonds is 5. The monoisotopic (exact) mass is 261 g/mol. The van der Waals surface area contributed by atoms with E-state index in [-0.39, 0.29) is 24.5 Å². The van der Waals surface area contributed by atoms with Crippen LogP contribution >= 0.6 is 0 Å². The van der Waals surface area contributed by atoms with Gasteiger partial charge in [-0.2, -0.15) is 5.26 Å². The van der Waals surface area contributed by atoms with Crippen LogP contribution in [0.2, 0.25) is 0 Å². The Morgan fingerprint density at radius 3 is 2.68 bits per heavy atom. The summed E-state index contributed by atoms with van der Waals surface area (Å²) in [7, 11) is 0. The largest absolute Gasteiger partial charge is 0.396 e. The number of hydrogen-bond acceptors (Lipinski definition) is 4. The van der Waals surface area contributed by atoms with Gasteiger partial charge in [-0.05, 0) is 31.4 Å².